The zero-order valence-corrected chi connectivity index (χ0v) is 10.1. The van der Waals surface area contributed by atoms with E-state index >= 15 is 0 Å². The van der Waals surface area contributed by atoms with Crippen molar-refractivity contribution in [3.63, 3.8) is 0 Å². The first-order chi connectivity index (χ1) is 7.18. The van der Waals surface area contributed by atoms with Crippen LogP contribution in [0.15, 0.2) is 22.9 Å². The lowest BCUT2D eigenvalue weighted by molar-refractivity contribution is -0.129. The third-order valence-electron chi connectivity index (χ3n) is 2.55. The van der Waals surface area contributed by atoms with E-state index in [0.717, 1.165) is 23.2 Å². The lowest BCUT2D eigenvalue weighted by Gasteiger charge is -2.33. The minimum Gasteiger partial charge on any atom is -0.359 e. The number of hydrogen-bond acceptors (Lipinski definition) is 3. The van der Waals surface area contributed by atoms with Crippen molar-refractivity contribution in [1.29, 1.82) is 0 Å². The maximum Gasteiger partial charge on any atom is 0.241 e. The molecular weight excluding hydrogens is 258 g/mol. The summed E-state index contributed by atoms with van der Waals surface area (Å²) >= 11 is 3.44. The first-order valence-electron chi connectivity index (χ1n) is 4.77. The molecule has 4 nitrogen and oxygen atoms in total. The molecule has 1 aromatic heterocycles. The number of nitrogens with zero attached hydrogens (tertiary/aromatic N) is 3. The van der Waals surface area contributed by atoms with Gasteiger partial charge in [0.2, 0.25) is 5.91 Å². The number of likely N-dealkylation sites (N-methyl/N-ethyl adjacent to an activating group) is 1. The highest BCUT2D eigenvalue weighted by Crippen LogP contribution is 2.25. The Labute approximate surface area is 97.0 Å². The monoisotopic (exact) mass is 269 g/mol. The summed E-state index contributed by atoms with van der Waals surface area (Å²) in [4.78, 5) is 19.4. The molecule has 1 aliphatic heterocycles. The van der Waals surface area contributed by atoms with Crippen LogP contribution >= 0.6 is 15.9 Å². The predicted octanol–water partition coefficient (Wildman–Crippen LogP) is 1.12. The minimum absolute atomic E-state index is 0.157. The number of halogens is 1. The van der Waals surface area contributed by atoms with E-state index in [0.29, 0.717) is 6.54 Å². The Balaban J connectivity index is 2.19. The summed E-state index contributed by atoms with van der Waals surface area (Å²) < 4.78 is 0.933. The third kappa shape index (κ3) is 2.12. The minimum atomic E-state index is 0.157. The van der Waals surface area contributed by atoms with Crippen molar-refractivity contribution < 1.29 is 4.79 Å². The fraction of sp³-hybridized carbons (Fsp3) is 0.400. The molecule has 2 heterocycles. The van der Waals surface area contributed by atoms with Crippen molar-refractivity contribution in [2.45, 2.75) is 0 Å². The number of aromatic nitrogens is 1. The average molecular weight is 270 g/mol. The summed E-state index contributed by atoms with van der Waals surface area (Å²) in [5, 5.41) is 0. The summed E-state index contributed by atoms with van der Waals surface area (Å²) in [6, 6.07) is 1.92. The van der Waals surface area contributed by atoms with Gasteiger partial charge in [-0.15, -0.1) is 0 Å². The summed E-state index contributed by atoms with van der Waals surface area (Å²) in [6.45, 7) is 2.08. The second-order valence-electron chi connectivity index (χ2n) is 3.56. The van der Waals surface area contributed by atoms with Gasteiger partial charge in [0.25, 0.3) is 0 Å². The van der Waals surface area contributed by atoms with Crippen LogP contribution in [0, 0.1) is 0 Å². The smallest absolute Gasteiger partial charge is 0.241 e. The second-order valence-corrected chi connectivity index (χ2v) is 4.42. The van der Waals surface area contributed by atoms with Gasteiger partial charge in [0.15, 0.2) is 0 Å². The lowest BCUT2D eigenvalue weighted by Crippen LogP contribution is -2.48. The summed E-state index contributed by atoms with van der Waals surface area (Å²) in [7, 11) is 1.83. The summed E-state index contributed by atoms with van der Waals surface area (Å²) in [5.41, 5.74) is 1.03. The zero-order chi connectivity index (χ0) is 10.8. The highest BCUT2D eigenvalue weighted by atomic mass is 79.9. The first kappa shape index (κ1) is 10.4. The van der Waals surface area contributed by atoms with Crippen molar-refractivity contribution >= 4 is 27.5 Å². The van der Waals surface area contributed by atoms with Gasteiger partial charge in [-0.1, -0.05) is 0 Å². The molecule has 1 aromatic rings. The zero-order valence-electron chi connectivity index (χ0n) is 8.48. The molecule has 0 saturated carbocycles. The van der Waals surface area contributed by atoms with Crippen LogP contribution in [0.3, 0.4) is 0 Å². The fourth-order valence-electron chi connectivity index (χ4n) is 1.59. The van der Waals surface area contributed by atoms with Gasteiger partial charge in [-0.05, 0) is 22.0 Å². The number of pyridine rings is 1. The van der Waals surface area contributed by atoms with E-state index in [2.05, 4.69) is 25.8 Å². The number of anilines is 1. The third-order valence-corrected chi connectivity index (χ3v) is 3.16. The molecular formula is C10H12BrN3O. The molecule has 0 N–H and O–H groups in total. The van der Waals surface area contributed by atoms with E-state index in [-0.39, 0.29) is 5.91 Å². The topological polar surface area (TPSA) is 36.4 Å². The van der Waals surface area contributed by atoms with E-state index in [1.54, 1.807) is 17.3 Å². The molecule has 0 spiro atoms. The average Bonchev–Trinajstić information content (AvgIpc) is 2.23. The Bertz CT molecular complexity index is 383. The molecule has 15 heavy (non-hydrogen) atoms. The largest absolute Gasteiger partial charge is 0.359 e. The van der Waals surface area contributed by atoms with Gasteiger partial charge in [-0.25, -0.2) is 0 Å². The lowest BCUT2D eigenvalue weighted by atomic mass is 10.3. The first-order valence-corrected chi connectivity index (χ1v) is 5.56. The van der Waals surface area contributed by atoms with E-state index in [1.165, 1.54) is 0 Å². The van der Waals surface area contributed by atoms with Crippen molar-refractivity contribution in [2.24, 2.45) is 0 Å². The Morgan fingerprint density at radius 2 is 2.27 bits per heavy atom. The number of carbonyl (C=O) groups excluding carboxylic acids is 1. The van der Waals surface area contributed by atoms with Gasteiger partial charge in [0, 0.05) is 32.5 Å². The van der Waals surface area contributed by atoms with Crippen molar-refractivity contribution in [2.75, 3.05) is 31.6 Å². The predicted molar refractivity (Wildman–Crippen MR) is 61.8 cm³/mol. The van der Waals surface area contributed by atoms with Crippen LogP contribution in [0.4, 0.5) is 5.69 Å². The van der Waals surface area contributed by atoms with Crippen molar-refractivity contribution in [3.05, 3.63) is 22.9 Å². The SMILES string of the molecule is CN1CCN(c2ccncc2Br)CC1=O. The van der Waals surface area contributed by atoms with Crippen LogP contribution in [0.1, 0.15) is 0 Å². The number of hydrogen-bond donors (Lipinski definition) is 0. The van der Waals surface area contributed by atoms with Gasteiger partial charge in [0.05, 0.1) is 16.7 Å². The molecule has 0 atom stereocenters. The summed E-state index contributed by atoms with van der Waals surface area (Å²) in [6.07, 6.45) is 3.49. The van der Waals surface area contributed by atoms with Gasteiger partial charge < -0.3 is 9.80 Å². The van der Waals surface area contributed by atoms with Gasteiger partial charge >= 0.3 is 0 Å². The molecule has 1 fully saturated rings. The van der Waals surface area contributed by atoms with Crippen molar-refractivity contribution in [3.8, 4) is 0 Å². The van der Waals surface area contributed by atoms with E-state index in [1.807, 2.05) is 13.1 Å². The molecule has 0 aromatic carbocycles. The van der Waals surface area contributed by atoms with Gasteiger partial charge in [-0.3, -0.25) is 9.78 Å². The molecule has 0 aliphatic carbocycles. The van der Waals surface area contributed by atoms with Gasteiger partial charge in [-0.2, -0.15) is 0 Å². The van der Waals surface area contributed by atoms with Crippen LogP contribution in [0.2, 0.25) is 0 Å². The number of piperazine rings is 1. The van der Waals surface area contributed by atoms with Crippen LogP contribution < -0.4 is 4.90 Å². The van der Waals surface area contributed by atoms with Crippen LogP contribution in [-0.4, -0.2) is 42.5 Å². The summed E-state index contributed by atoms with van der Waals surface area (Å²) in [5.74, 6) is 0.157. The molecule has 0 bridgehead atoms. The molecule has 80 valence electrons. The number of rotatable bonds is 1. The molecule has 5 heteroatoms. The number of carbonyl (C=O) groups is 1. The molecule has 2 rings (SSSR count). The Morgan fingerprint density at radius 3 is 2.93 bits per heavy atom. The maximum absolute atomic E-state index is 11.5. The Kier molecular flexibility index (Phi) is 2.90. The molecule has 0 unspecified atom stereocenters. The highest BCUT2D eigenvalue weighted by molar-refractivity contribution is 9.10. The van der Waals surface area contributed by atoms with Crippen LogP contribution in [-0.2, 0) is 4.79 Å². The maximum atomic E-state index is 11.5. The fourth-order valence-corrected chi connectivity index (χ4v) is 2.09. The molecule has 1 amide bonds. The Morgan fingerprint density at radius 1 is 1.47 bits per heavy atom. The van der Waals surface area contributed by atoms with Crippen LogP contribution in [0.25, 0.3) is 0 Å². The standard InChI is InChI=1S/C10H12BrN3O/c1-13-4-5-14(7-10(13)15)9-2-3-12-6-8(9)11/h2-3,6H,4-5,7H2,1H3. The Hall–Kier alpha value is -1.10. The molecule has 1 saturated heterocycles. The van der Waals surface area contributed by atoms with E-state index < -0.39 is 0 Å². The van der Waals surface area contributed by atoms with Crippen LogP contribution in [0.5, 0.6) is 0 Å². The van der Waals surface area contributed by atoms with Gasteiger partial charge in [0.1, 0.15) is 0 Å². The molecule has 0 radical (unpaired) electrons. The van der Waals surface area contributed by atoms with E-state index in [4.69, 9.17) is 0 Å². The highest BCUT2D eigenvalue weighted by Gasteiger charge is 2.22. The number of amides is 1. The van der Waals surface area contributed by atoms with E-state index in [9.17, 15) is 4.79 Å². The quantitative estimate of drug-likeness (QED) is 0.767. The second kappa shape index (κ2) is 4.18. The molecule has 1 aliphatic rings. The van der Waals surface area contributed by atoms with Crippen molar-refractivity contribution in [1.82, 2.24) is 9.88 Å². The normalized spacial score (nSPS) is 17.1.